The maximum absolute atomic E-state index is 12.9. The topological polar surface area (TPSA) is 132 Å². The van der Waals surface area contributed by atoms with Gasteiger partial charge < -0.3 is 29.7 Å². The van der Waals surface area contributed by atoms with Crippen LogP contribution in [0.5, 0.6) is 0 Å². The maximum atomic E-state index is 12.9. The van der Waals surface area contributed by atoms with Crippen molar-refractivity contribution in [1.82, 2.24) is 9.62 Å². The zero-order chi connectivity index (χ0) is 25.4. The minimum absolute atomic E-state index is 0.142. The molecule has 0 unspecified atom stereocenters. The fourth-order valence-electron chi connectivity index (χ4n) is 4.28. The van der Waals surface area contributed by atoms with Gasteiger partial charge in [0.25, 0.3) is 0 Å². The van der Waals surface area contributed by atoms with Crippen molar-refractivity contribution in [2.24, 2.45) is 5.92 Å². The number of ether oxygens (including phenoxy) is 2. The van der Waals surface area contributed by atoms with Crippen LogP contribution in [-0.4, -0.2) is 114 Å². The Morgan fingerprint density at radius 2 is 1.69 bits per heavy atom. The standard InChI is InChI=1S/C24H37N3O7S/c1-26(2)21-7-3-6-20-19(21)5-4-8-23(20)35(31,32)25-9-11-33-13-14-34-12-10-27-15-18(17-28)24(30)22(29)16-27/h3-8,18,22,24-25,28-30H,9-17H2,1-2H3/t18-,22-,24-/m1/s1. The van der Waals surface area contributed by atoms with Gasteiger partial charge in [-0.1, -0.05) is 24.3 Å². The van der Waals surface area contributed by atoms with E-state index in [9.17, 15) is 23.7 Å². The Kier molecular flexibility index (Phi) is 10.3. The number of rotatable bonds is 13. The van der Waals surface area contributed by atoms with E-state index >= 15 is 0 Å². The molecule has 0 aliphatic carbocycles. The molecule has 0 saturated carbocycles. The van der Waals surface area contributed by atoms with Gasteiger partial charge in [-0.2, -0.15) is 0 Å². The molecular formula is C24H37N3O7S. The van der Waals surface area contributed by atoms with E-state index in [0.717, 1.165) is 11.1 Å². The number of piperidine rings is 1. The van der Waals surface area contributed by atoms with Gasteiger partial charge >= 0.3 is 0 Å². The first-order valence-corrected chi connectivity index (χ1v) is 13.3. The third kappa shape index (κ3) is 7.34. The van der Waals surface area contributed by atoms with Crippen LogP contribution < -0.4 is 9.62 Å². The van der Waals surface area contributed by atoms with Gasteiger partial charge in [0.05, 0.1) is 43.5 Å². The number of nitrogens with one attached hydrogen (secondary N) is 1. The predicted octanol–water partition coefficient (Wildman–Crippen LogP) is -0.137. The van der Waals surface area contributed by atoms with E-state index in [2.05, 4.69) is 4.72 Å². The van der Waals surface area contributed by atoms with Crippen molar-refractivity contribution in [3.63, 3.8) is 0 Å². The summed E-state index contributed by atoms with van der Waals surface area (Å²) in [5, 5.41) is 30.6. The highest BCUT2D eigenvalue weighted by Crippen LogP contribution is 2.30. The second kappa shape index (κ2) is 12.9. The van der Waals surface area contributed by atoms with Gasteiger partial charge in [0, 0.05) is 69.3 Å². The average molecular weight is 512 g/mol. The molecule has 1 saturated heterocycles. The van der Waals surface area contributed by atoms with Gasteiger partial charge in [0.1, 0.15) is 0 Å². The van der Waals surface area contributed by atoms with Crippen molar-refractivity contribution in [2.75, 3.05) is 78.2 Å². The van der Waals surface area contributed by atoms with Crippen molar-refractivity contribution < 1.29 is 33.2 Å². The third-order valence-electron chi connectivity index (χ3n) is 6.14. The number of aliphatic hydroxyl groups excluding tert-OH is 3. The van der Waals surface area contributed by atoms with Crippen molar-refractivity contribution in [3.8, 4) is 0 Å². The normalized spacial score (nSPS) is 21.5. The van der Waals surface area contributed by atoms with Gasteiger partial charge in [-0.05, 0) is 12.1 Å². The van der Waals surface area contributed by atoms with Crippen molar-refractivity contribution in [1.29, 1.82) is 0 Å². The summed E-state index contributed by atoms with van der Waals surface area (Å²) in [6.07, 6.45) is -1.78. The summed E-state index contributed by atoms with van der Waals surface area (Å²) >= 11 is 0. The molecule has 0 radical (unpaired) electrons. The number of aliphatic hydroxyl groups is 3. The summed E-state index contributed by atoms with van der Waals surface area (Å²) in [7, 11) is 0.144. The molecule has 196 valence electrons. The Hall–Kier alpha value is -1.83. The number of β-amino-alcohol motifs (C(OH)–C–C–N with tert-alkyl or cyclic N) is 1. The van der Waals surface area contributed by atoms with Gasteiger partial charge in [0.2, 0.25) is 10.0 Å². The van der Waals surface area contributed by atoms with E-state index in [1.54, 1.807) is 18.2 Å². The van der Waals surface area contributed by atoms with Crippen LogP contribution in [0.4, 0.5) is 5.69 Å². The summed E-state index contributed by atoms with van der Waals surface area (Å²) in [6, 6.07) is 10.9. The van der Waals surface area contributed by atoms with Gasteiger partial charge in [0.15, 0.2) is 0 Å². The highest BCUT2D eigenvalue weighted by atomic mass is 32.2. The van der Waals surface area contributed by atoms with Crippen LogP contribution in [0.2, 0.25) is 0 Å². The Balaban J connectivity index is 1.36. The molecule has 0 aromatic heterocycles. The molecule has 1 aliphatic rings. The minimum atomic E-state index is -3.70. The molecule has 4 N–H and O–H groups in total. The van der Waals surface area contributed by atoms with Gasteiger partial charge in [-0.25, -0.2) is 13.1 Å². The van der Waals surface area contributed by atoms with Crippen LogP contribution in [0.1, 0.15) is 0 Å². The quantitative estimate of drug-likeness (QED) is 0.271. The molecular weight excluding hydrogens is 474 g/mol. The minimum Gasteiger partial charge on any atom is -0.396 e. The molecule has 10 nitrogen and oxygen atoms in total. The number of sulfonamides is 1. The molecule has 2 aromatic rings. The fourth-order valence-corrected chi connectivity index (χ4v) is 5.51. The Morgan fingerprint density at radius 1 is 1.00 bits per heavy atom. The lowest BCUT2D eigenvalue weighted by Crippen LogP contribution is -2.54. The second-order valence-electron chi connectivity index (χ2n) is 8.91. The predicted molar refractivity (Wildman–Crippen MR) is 134 cm³/mol. The third-order valence-corrected chi connectivity index (χ3v) is 7.66. The van der Waals surface area contributed by atoms with Crippen LogP contribution in [0.15, 0.2) is 41.3 Å². The Labute approximate surface area is 207 Å². The van der Waals surface area contributed by atoms with Crippen LogP contribution in [0.3, 0.4) is 0 Å². The highest BCUT2D eigenvalue weighted by molar-refractivity contribution is 7.89. The van der Waals surface area contributed by atoms with E-state index < -0.39 is 22.2 Å². The zero-order valence-corrected chi connectivity index (χ0v) is 21.2. The van der Waals surface area contributed by atoms with Gasteiger partial charge in [-0.3, -0.25) is 4.90 Å². The number of nitrogens with zero attached hydrogens (tertiary/aromatic N) is 2. The molecule has 0 bridgehead atoms. The van der Waals surface area contributed by atoms with Crippen molar-refractivity contribution in [2.45, 2.75) is 17.1 Å². The summed E-state index contributed by atoms with van der Waals surface area (Å²) in [5.74, 6) is -0.366. The SMILES string of the molecule is CN(C)c1cccc2c(S(=O)(=O)NCCOCCOCCN3C[C@H](CO)[C@@H](O)[C@H](O)C3)cccc12. The van der Waals surface area contributed by atoms with E-state index in [-0.39, 0.29) is 30.6 Å². The largest absolute Gasteiger partial charge is 0.396 e. The summed E-state index contributed by atoms with van der Waals surface area (Å²) in [5.41, 5.74) is 0.949. The number of fused-ring (bicyclic) bond motifs is 1. The number of hydrogen-bond acceptors (Lipinski definition) is 9. The fraction of sp³-hybridized carbons (Fsp3) is 0.583. The van der Waals surface area contributed by atoms with Crippen LogP contribution in [-0.2, 0) is 19.5 Å². The average Bonchev–Trinajstić information content (AvgIpc) is 2.84. The molecule has 0 spiro atoms. The molecule has 2 aromatic carbocycles. The Bertz CT molecular complexity index is 1050. The number of anilines is 1. The number of likely N-dealkylation sites (tertiary alicyclic amines) is 1. The molecule has 11 heteroatoms. The van der Waals surface area contributed by atoms with Crippen molar-refractivity contribution >= 4 is 26.5 Å². The first-order valence-electron chi connectivity index (χ1n) is 11.8. The lowest BCUT2D eigenvalue weighted by molar-refractivity contribution is -0.0900. The second-order valence-corrected chi connectivity index (χ2v) is 10.6. The first kappa shape index (κ1) is 27.8. The molecule has 1 aliphatic heterocycles. The molecule has 35 heavy (non-hydrogen) atoms. The first-order chi connectivity index (χ1) is 16.7. The number of hydrogen-bond donors (Lipinski definition) is 4. The van der Waals surface area contributed by atoms with Crippen molar-refractivity contribution in [3.05, 3.63) is 36.4 Å². The van der Waals surface area contributed by atoms with Crippen LogP contribution in [0.25, 0.3) is 10.8 Å². The summed E-state index contributed by atoms with van der Waals surface area (Å²) < 4.78 is 39.4. The maximum Gasteiger partial charge on any atom is 0.241 e. The van der Waals surface area contributed by atoms with Crippen LogP contribution in [0, 0.1) is 5.92 Å². The smallest absolute Gasteiger partial charge is 0.241 e. The molecule has 1 heterocycles. The lowest BCUT2D eigenvalue weighted by Gasteiger charge is -2.38. The molecule has 0 amide bonds. The van der Waals surface area contributed by atoms with E-state index in [1.165, 1.54) is 0 Å². The zero-order valence-electron chi connectivity index (χ0n) is 20.3. The number of benzene rings is 2. The summed E-state index contributed by atoms with van der Waals surface area (Å²) in [4.78, 5) is 4.14. The molecule has 3 atom stereocenters. The molecule has 3 rings (SSSR count). The van der Waals surface area contributed by atoms with E-state index in [4.69, 9.17) is 9.47 Å². The van der Waals surface area contributed by atoms with Crippen LogP contribution >= 0.6 is 0 Å². The van der Waals surface area contributed by atoms with E-state index in [0.29, 0.717) is 44.8 Å². The van der Waals surface area contributed by atoms with Gasteiger partial charge in [-0.15, -0.1) is 0 Å². The highest BCUT2D eigenvalue weighted by Gasteiger charge is 2.33. The van der Waals surface area contributed by atoms with E-state index in [1.807, 2.05) is 42.1 Å². The monoisotopic (exact) mass is 511 g/mol. The molecule has 1 fully saturated rings. The lowest BCUT2D eigenvalue weighted by atomic mass is 9.93. The Morgan fingerprint density at radius 3 is 2.40 bits per heavy atom. The summed E-state index contributed by atoms with van der Waals surface area (Å²) in [6.45, 7) is 2.69.